The van der Waals surface area contributed by atoms with Gasteiger partial charge in [0.1, 0.15) is 0 Å². The average molecular weight is 287 g/mol. The van der Waals surface area contributed by atoms with Gasteiger partial charge in [0.2, 0.25) is 10.0 Å². The maximum Gasteiger partial charge on any atom is 0.211 e. The molecule has 0 radical (unpaired) electrons. The third-order valence-corrected chi connectivity index (χ3v) is 4.64. The van der Waals surface area contributed by atoms with Crippen molar-refractivity contribution in [2.24, 2.45) is 5.92 Å². The van der Waals surface area contributed by atoms with E-state index < -0.39 is 10.0 Å². The van der Waals surface area contributed by atoms with Crippen LogP contribution in [0, 0.1) is 5.92 Å². The van der Waals surface area contributed by atoms with Crippen LogP contribution in [0.2, 0.25) is 0 Å². The number of piperidine rings is 1. The molecular weight excluding hydrogens is 266 g/mol. The molecule has 0 amide bonds. The summed E-state index contributed by atoms with van der Waals surface area (Å²) in [6, 6.07) is 0. The van der Waals surface area contributed by atoms with Crippen molar-refractivity contribution in [3.63, 3.8) is 0 Å². The molecule has 1 aliphatic heterocycles. The van der Waals surface area contributed by atoms with E-state index in [2.05, 4.69) is 15.6 Å². The van der Waals surface area contributed by atoms with Gasteiger partial charge in [-0.1, -0.05) is 5.21 Å². The maximum atomic E-state index is 11.5. The Kier molecular flexibility index (Phi) is 4.89. The summed E-state index contributed by atoms with van der Waals surface area (Å²) >= 11 is 0. The molecule has 2 heterocycles. The van der Waals surface area contributed by atoms with Gasteiger partial charge in [0.15, 0.2) is 0 Å². The van der Waals surface area contributed by atoms with Crippen LogP contribution in [-0.4, -0.2) is 60.2 Å². The van der Waals surface area contributed by atoms with E-state index in [0.717, 1.165) is 32.5 Å². The van der Waals surface area contributed by atoms with Crippen LogP contribution in [0.3, 0.4) is 0 Å². The number of aromatic nitrogens is 3. The lowest BCUT2D eigenvalue weighted by molar-refractivity contribution is 0.260. The Balaban J connectivity index is 1.68. The van der Waals surface area contributed by atoms with Crippen LogP contribution in [0.1, 0.15) is 12.8 Å². The molecule has 1 fully saturated rings. The topological polar surface area (TPSA) is 80.1 Å². The van der Waals surface area contributed by atoms with Crippen molar-refractivity contribution in [3.05, 3.63) is 12.4 Å². The summed E-state index contributed by atoms with van der Waals surface area (Å²) in [5.41, 5.74) is 0. The molecule has 1 aromatic rings. The fourth-order valence-electron chi connectivity index (χ4n) is 2.35. The van der Waals surface area contributed by atoms with Crippen LogP contribution in [0.5, 0.6) is 0 Å². The van der Waals surface area contributed by atoms with Crippen LogP contribution in [0.25, 0.3) is 0 Å². The van der Waals surface area contributed by atoms with Crippen LogP contribution in [0.15, 0.2) is 12.4 Å². The standard InChI is InChI=1S/C11H21N5O2S/c1-19(17,18)16-6-2-3-11(10-16)9-12-4-7-15-8-5-13-14-15/h5,8,11-12H,2-4,6-7,9-10H2,1H3. The number of rotatable bonds is 6. The summed E-state index contributed by atoms with van der Waals surface area (Å²) in [5.74, 6) is 0.402. The summed E-state index contributed by atoms with van der Waals surface area (Å²) in [4.78, 5) is 0. The van der Waals surface area contributed by atoms with Gasteiger partial charge in [-0.2, -0.15) is 0 Å². The SMILES string of the molecule is CS(=O)(=O)N1CCCC(CNCCn2ccnn2)C1. The second kappa shape index (κ2) is 6.44. The van der Waals surface area contributed by atoms with Crippen LogP contribution < -0.4 is 5.32 Å². The highest BCUT2D eigenvalue weighted by Crippen LogP contribution is 2.17. The molecule has 1 aliphatic rings. The zero-order valence-electron chi connectivity index (χ0n) is 11.2. The monoisotopic (exact) mass is 287 g/mol. The van der Waals surface area contributed by atoms with Crippen molar-refractivity contribution in [3.8, 4) is 0 Å². The molecule has 1 unspecified atom stereocenters. The molecular formula is C11H21N5O2S. The van der Waals surface area contributed by atoms with E-state index in [-0.39, 0.29) is 0 Å². The second-order valence-corrected chi connectivity index (χ2v) is 6.98. The summed E-state index contributed by atoms with van der Waals surface area (Å²) < 4.78 is 26.4. The summed E-state index contributed by atoms with van der Waals surface area (Å²) in [6.45, 7) is 3.74. The quantitative estimate of drug-likeness (QED) is 0.716. The van der Waals surface area contributed by atoms with Gasteiger partial charge in [-0.25, -0.2) is 12.7 Å². The minimum atomic E-state index is -3.04. The van der Waals surface area contributed by atoms with Gasteiger partial charge >= 0.3 is 0 Å². The lowest BCUT2D eigenvalue weighted by atomic mass is 10.00. The van der Waals surface area contributed by atoms with Crippen LogP contribution in [0.4, 0.5) is 0 Å². The van der Waals surface area contributed by atoms with Gasteiger partial charge in [0.25, 0.3) is 0 Å². The van der Waals surface area contributed by atoms with E-state index >= 15 is 0 Å². The first-order valence-electron chi connectivity index (χ1n) is 6.55. The molecule has 0 aromatic carbocycles. The number of nitrogens with zero attached hydrogens (tertiary/aromatic N) is 4. The largest absolute Gasteiger partial charge is 0.315 e. The third-order valence-electron chi connectivity index (χ3n) is 3.37. The highest BCUT2D eigenvalue weighted by atomic mass is 32.2. The van der Waals surface area contributed by atoms with Crippen molar-refractivity contribution < 1.29 is 8.42 Å². The lowest BCUT2D eigenvalue weighted by Gasteiger charge is -2.31. The Morgan fingerprint density at radius 1 is 1.47 bits per heavy atom. The van der Waals surface area contributed by atoms with E-state index in [9.17, 15) is 8.42 Å². The van der Waals surface area contributed by atoms with E-state index in [0.29, 0.717) is 19.0 Å². The normalized spacial score (nSPS) is 21.6. The molecule has 19 heavy (non-hydrogen) atoms. The van der Waals surface area contributed by atoms with Crippen LogP contribution >= 0.6 is 0 Å². The Bertz CT molecular complexity index is 473. The molecule has 2 rings (SSSR count). The fraction of sp³-hybridized carbons (Fsp3) is 0.818. The fourth-order valence-corrected chi connectivity index (χ4v) is 3.29. The van der Waals surface area contributed by atoms with Crippen LogP contribution in [-0.2, 0) is 16.6 Å². The van der Waals surface area contributed by atoms with Crippen molar-refractivity contribution >= 4 is 10.0 Å². The number of hydrogen-bond donors (Lipinski definition) is 1. The zero-order chi connectivity index (χ0) is 13.7. The van der Waals surface area contributed by atoms with E-state index in [1.165, 1.54) is 6.26 Å². The predicted octanol–water partition coefficient (Wildman–Crippen LogP) is -0.461. The van der Waals surface area contributed by atoms with Gasteiger partial charge in [-0.3, -0.25) is 4.68 Å². The summed E-state index contributed by atoms with van der Waals surface area (Å²) in [7, 11) is -3.04. The van der Waals surface area contributed by atoms with Crippen molar-refractivity contribution in [1.29, 1.82) is 0 Å². The molecule has 0 saturated carbocycles. The molecule has 0 spiro atoms. The number of sulfonamides is 1. The predicted molar refractivity (Wildman–Crippen MR) is 72.0 cm³/mol. The molecule has 8 heteroatoms. The molecule has 7 nitrogen and oxygen atoms in total. The van der Waals surface area contributed by atoms with Gasteiger partial charge in [-0.05, 0) is 25.3 Å². The van der Waals surface area contributed by atoms with Crippen molar-refractivity contribution in [1.82, 2.24) is 24.6 Å². The first-order chi connectivity index (χ1) is 9.05. The Morgan fingerprint density at radius 2 is 2.32 bits per heavy atom. The molecule has 0 bridgehead atoms. The molecule has 1 saturated heterocycles. The van der Waals surface area contributed by atoms with E-state index in [1.54, 1.807) is 15.2 Å². The molecule has 0 aliphatic carbocycles. The number of nitrogens with one attached hydrogen (secondary N) is 1. The molecule has 1 aromatic heterocycles. The molecule has 108 valence electrons. The second-order valence-electron chi connectivity index (χ2n) is 5.00. The van der Waals surface area contributed by atoms with E-state index in [4.69, 9.17) is 0 Å². The highest BCUT2D eigenvalue weighted by Gasteiger charge is 2.25. The third kappa shape index (κ3) is 4.55. The highest BCUT2D eigenvalue weighted by molar-refractivity contribution is 7.88. The Hall–Kier alpha value is -0.990. The number of hydrogen-bond acceptors (Lipinski definition) is 5. The van der Waals surface area contributed by atoms with Crippen molar-refractivity contribution in [2.45, 2.75) is 19.4 Å². The van der Waals surface area contributed by atoms with Crippen molar-refractivity contribution in [2.75, 3.05) is 32.4 Å². The minimum Gasteiger partial charge on any atom is -0.315 e. The first-order valence-corrected chi connectivity index (χ1v) is 8.40. The zero-order valence-corrected chi connectivity index (χ0v) is 12.0. The molecule has 1 N–H and O–H groups in total. The Labute approximate surface area is 114 Å². The lowest BCUT2D eigenvalue weighted by Crippen LogP contribution is -2.42. The van der Waals surface area contributed by atoms with Gasteiger partial charge < -0.3 is 5.32 Å². The van der Waals surface area contributed by atoms with Gasteiger partial charge in [-0.15, -0.1) is 5.10 Å². The summed E-state index contributed by atoms with van der Waals surface area (Å²) in [5, 5.41) is 11.0. The Morgan fingerprint density at radius 3 is 3.00 bits per heavy atom. The minimum absolute atomic E-state index is 0.402. The van der Waals surface area contributed by atoms with Gasteiger partial charge in [0.05, 0.1) is 19.0 Å². The van der Waals surface area contributed by atoms with E-state index in [1.807, 2.05) is 6.20 Å². The molecule has 1 atom stereocenters. The average Bonchev–Trinajstić information content (AvgIpc) is 2.87. The smallest absolute Gasteiger partial charge is 0.211 e. The maximum absolute atomic E-state index is 11.5. The van der Waals surface area contributed by atoms with Gasteiger partial charge in [0, 0.05) is 25.8 Å². The summed E-state index contributed by atoms with van der Waals surface area (Å²) in [6.07, 6.45) is 6.80. The first kappa shape index (κ1) is 14.4.